The van der Waals surface area contributed by atoms with Crippen LogP contribution in [0.5, 0.6) is 0 Å². The van der Waals surface area contributed by atoms with E-state index in [9.17, 15) is 24.0 Å². The van der Waals surface area contributed by atoms with E-state index in [2.05, 4.69) is 14.8 Å². The maximum absolute atomic E-state index is 12.3. The summed E-state index contributed by atoms with van der Waals surface area (Å²) in [6.45, 7) is 5.80. The number of hydrogen-bond acceptors (Lipinski definition) is 8. The predicted molar refractivity (Wildman–Crippen MR) is 89.7 cm³/mol. The molecule has 0 aliphatic heterocycles. The van der Waals surface area contributed by atoms with Crippen LogP contribution in [0.2, 0.25) is 0 Å². The summed E-state index contributed by atoms with van der Waals surface area (Å²) in [5, 5.41) is 2.33. The van der Waals surface area contributed by atoms with E-state index in [0.717, 1.165) is 19.3 Å². The average molecular weight is 371 g/mol. The number of ether oxygens (including phenoxy) is 3. The van der Waals surface area contributed by atoms with Gasteiger partial charge in [0.15, 0.2) is 0 Å². The maximum Gasteiger partial charge on any atom is 0.331 e. The van der Waals surface area contributed by atoms with Crippen LogP contribution in [0.15, 0.2) is 12.2 Å². The Morgan fingerprint density at radius 1 is 0.962 bits per heavy atom. The minimum absolute atomic E-state index is 0.288. The second-order valence-electron chi connectivity index (χ2n) is 6.40. The van der Waals surface area contributed by atoms with Gasteiger partial charge in [0.25, 0.3) is 5.91 Å². The van der Waals surface area contributed by atoms with Crippen molar-refractivity contribution in [3.63, 3.8) is 0 Å². The second kappa shape index (κ2) is 10.3. The number of ketones is 1. The van der Waals surface area contributed by atoms with Gasteiger partial charge in [-0.3, -0.25) is 9.59 Å². The van der Waals surface area contributed by atoms with Crippen LogP contribution in [0.25, 0.3) is 0 Å². The Labute approximate surface area is 152 Å². The summed E-state index contributed by atoms with van der Waals surface area (Å²) in [6.07, 6.45) is 1.71. The van der Waals surface area contributed by atoms with Gasteiger partial charge in [-0.15, -0.1) is 0 Å². The number of methoxy groups -OCH3 is 2. The molecule has 1 N–H and O–H groups in total. The molecule has 1 atom stereocenters. The lowest BCUT2D eigenvalue weighted by Gasteiger charge is -2.24. The van der Waals surface area contributed by atoms with Crippen LogP contribution < -0.4 is 5.32 Å². The van der Waals surface area contributed by atoms with Crippen molar-refractivity contribution < 1.29 is 38.2 Å². The second-order valence-corrected chi connectivity index (χ2v) is 6.40. The van der Waals surface area contributed by atoms with Crippen molar-refractivity contribution in [1.82, 2.24) is 5.32 Å². The van der Waals surface area contributed by atoms with E-state index in [0.29, 0.717) is 0 Å². The molecule has 0 aromatic heterocycles. The third-order valence-electron chi connectivity index (χ3n) is 3.36. The molecule has 0 aliphatic rings. The van der Waals surface area contributed by atoms with E-state index >= 15 is 0 Å². The van der Waals surface area contributed by atoms with Crippen molar-refractivity contribution in [3.05, 3.63) is 12.2 Å². The summed E-state index contributed by atoms with van der Waals surface area (Å²) in [5.41, 5.74) is -1.34. The molecule has 1 amide bonds. The molecule has 0 heterocycles. The molecule has 0 aliphatic carbocycles. The summed E-state index contributed by atoms with van der Waals surface area (Å²) < 4.78 is 13.8. The fourth-order valence-electron chi connectivity index (χ4n) is 1.71. The predicted octanol–water partition coefficient (Wildman–Crippen LogP) is 0.168. The van der Waals surface area contributed by atoms with Crippen molar-refractivity contribution in [2.24, 2.45) is 11.3 Å². The van der Waals surface area contributed by atoms with Crippen molar-refractivity contribution in [3.8, 4) is 0 Å². The summed E-state index contributed by atoms with van der Waals surface area (Å²) >= 11 is 0. The van der Waals surface area contributed by atoms with Gasteiger partial charge in [0.05, 0.1) is 19.6 Å². The van der Waals surface area contributed by atoms with Gasteiger partial charge < -0.3 is 19.5 Å². The quantitative estimate of drug-likeness (QED) is 0.263. The molecule has 0 aromatic carbocycles. The topological polar surface area (TPSA) is 125 Å². The molecule has 0 fully saturated rings. The molecule has 9 nitrogen and oxygen atoms in total. The first kappa shape index (κ1) is 23.3. The Kier molecular flexibility index (Phi) is 9.24. The number of esters is 3. The van der Waals surface area contributed by atoms with Crippen LogP contribution >= 0.6 is 0 Å². The monoisotopic (exact) mass is 371 g/mol. The Bertz CT molecular complexity index is 592. The first-order valence-electron chi connectivity index (χ1n) is 7.82. The van der Waals surface area contributed by atoms with Gasteiger partial charge in [-0.25, -0.2) is 14.4 Å². The van der Waals surface area contributed by atoms with Gasteiger partial charge in [-0.05, 0) is 19.8 Å². The highest BCUT2D eigenvalue weighted by Gasteiger charge is 2.37. The van der Waals surface area contributed by atoms with Gasteiger partial charge in [0, 0.05) is 12.2 Å². The van der Waals surface area contributed by atoms with Crippen LogP contribution in [-0.2, 0) is 38.2 Å². The Balaban J connectivity index is 4.86. The number of carbonyl (C=O) groups is 5. The highest BCUT2D eigenvalue weighted by atomic mass is 16.5. The molecule has 0 bridgehead atoms. The third-order valence-corrected chi connectivity index (χ3v) is 3.36. The van der Waals surface area contributed by atoms with E-state index in [1.165, 1.54) is 21.0 Å². The molecule has 9 heteroatoms. The Morgan fingerprint density at radius 3 is 1.96 bits per heavy atom. The molecule has 0 saturated carbocycles. The van der Waals surface area contributed by atoms with E-state index < -0.39 is 47.7 Å². The lowest BCUT2D eigenvalue weighted by molar-refractivity contribution is -0.152. The molecule has 0 saturated heterocycles. The van der Waals surface area contributed by atoms with Crippen LogP contribution in [-0.4, -0.2) is 56.5 Å². The van der Waals surface area contributed by atoms with E-state index in [1.54, 1.807) is 13.8 Å². The van der Waals surface area contributed by atoms with Gasteiger partial charge >= 0.3 is 17.9 Å². The smallest absolute Gasteiger partial charge is 0.331 e. The van der Waals surface area contributed by atoms with Crippen LogP contribution in [0.3, 0.4) is 0 Å². The zero-order valence-corrected chi connectivity index (χ0v) is 15.8. The van der Waals surface area contributed by atoms with Crippen molar-refractivity contribution in [1.29, 1.82) is 0 Å². The number of Topliss-reactive ketones (excluding diaryl/α,β-unsaturated/α-hetero) is 1. The molecule has 26 heavy (non-hydrogen) atoms. The Morgan fingerprint density at radius 2 is 1.50 bits per heavy atom. The van der Waals surface area contributed by atoms with E-state index in [1.807, 2.05) is 0 Å². The summed E-state index contributed by atoms with van der Waals surface area (Å²) in [5.74, 6) is -4.41. The highest BCUT2D eigenvalue weighted by molar-refractivity contribution is 6.38. The molecule has 0 radical (unpaired) electrons. The molecular weight excluding hydrogens is 346 g/mol. The minimum Gasteiger partial charge on any atom is -0.467 e. The number of rotatable bonds is 9. The SMILES string of the molecule is COC(=O)/C=C/C(=O)OCC(C)(C)C(=O)C(=O)N[C@H](C(=O)OC)C(C)C. The average Bonchev–Trinajstić information content (AvgIpc) is 2.60. The number of nitrogens with one attached hydrogen (secondary N) is 1. The summed E-state index contributed by atoms with van der Waals surface area (Å²) in [6, 6.07) is -0.974. The summed E-state index contributed by atoms with van der Waals surface area (Å²) in [4.78, 5) is 58.5. The largest absolute Gasteiger partial charge is 0.467 e. The van der Waals surface area contributed by atoms with E-state index in [-0.39, 0.29) is 5.92 Å². The minimum atomic E-state index is -1.34. The zero-order valence-electron chi connectivity index (χ0n) is 15.8. The number of hydrogen-bond donors (Lipinski definition) is 1. The third kappa shape index (κ3) is 7.45. The van der Waals surface area contributed by atoms with Crippen LogP contribution in [0, 0.1) is 11.3 Å². The lowest BCUT2D eigenvalue weighted by Crippen LogP contribution is -2.50. The van der Waals surface area contributed by atoms with E-state index in [4.69, 9.17) is 4.74 Å². The fraction of sp³-hybridized carbons (Fsp3) is 0.588. The molecule has 146 valence electrons. The number of carbonyl (C=O) groups excluding carboxylic acids is 5. The Hall–Kier alpha value is -2.71. The fourth-order valence-corrected chi connectivity index (χ4v) is 1.71. The van der Waals surface area contributed by atoms with Gasteiger partial charge in [-0.1, -0.05) is 13.8 Å². The van der Waals surface area contributed by atoms with Gasteiger partial charge in [0.1, 0.15) is 12.6 Å². The first-order valence-corrected chi connectivity index (χ1v) is 7.82. The van der Waals surface area contributed by atoms with Crippen molar-refractivity contribution in [2.45, 2.75) is 33.7 Å². The molecule has 0 unspecified atom stereocenters. The van der Waals surface area contributed by atoms with Crippen LogP contribution in [0.1, 0.15) is 27.7 Å². The molecule has 0 spiro atoms. The highest BCUT2D eigenvalue weighted by Crippen LogP contribution is 2.18. The molecule has 0 aromatic rings. The normalized spacial score (nSPS) is 12.4. The summed E-state index contributed by atoms with van der Waals surface area (Å²) in [7, 11) is 2.33. The van der Waals surface area contributed by atoms with Crippen LogP contribution in [0.4, 0.5) is 0 Å². The van der Waals surface area contributed by atoms with Gasteiger partial charge in [-0.2, -0.15) is 0 Å². The van der Waals surface area contributed by atoms with Crippen molar-refractivity contribution >= 4 is 29.6 Å². The number of amides is 1. The maximum atomic E-state index is 12.3. The van der Waals surface area contributed by atoms with Gasteiger partial charge in [0.2, 0.25) is 5.78 Å². The zero-order chi connectivity index (χ0) is 20.5. The molecular formula is C17H25NO8. The lowest BCUT2D eigenvalue weighted by atomic mass is 9.88. The first-order chi connectivity index (χ1) is 12.0. The van der Waals surface area contributed by atoms with Crippen molar-refractivity contribution in [2.75, 3.05) is 20.8 Å². The standard InChI is InChI=1S/C17H25NO8/c1-10(2)13(16(23)25-6)18-15(22)14(21)17(3,4)9-26-12(20)8-7-11(19)24-5/h7-8,10,13H,9H2,1-6H3,(H,18,22)/b8-7+/t13-/m0/s1. The molecule has 0 rings (SSSR count).